The van der Waals surface area contributed by atoms with Crippen LogP contribution in [0.5, 0.6) is 0 Å². The second kappa shape index (κ2) is 11.0. The van der Waals surface area contributed by atoms with Gasteiger partial charge >= 0.3 is 0 Å². The maximum atomic E-state index is 9.52. The third kappa shape index (κ3) is 5.64. The molecule has 0 saturated carbocycles. The molecular formula is C32H34N6O2. The van der Waals surface area contributed by atoms with Crippen LogP contribution in [-0.2, 0) is 12.8 Å². The van der Waals surface area contributed by atoms with Crippen LogP contribution in [0.2, 0.25) is 0 Å². The average molecular weight is 535 g/mol. The van der Waals surface area contributed by atoms with Gasteiger partial charge in [-0.2, -0.15) is 0 Å². The van der Waals surface area contributed by atoms with E-state index < -0.39 is 0 Å². The molecule has 0 spiro atoms. The van der Waals surface area contributed by atoms with E-state index in [1.54, 1.807) is 26.2 Å². The molecule has 204 valence electrons. The predicted octanol–water partition coefficient (Wildman–Crippen LogP) is 5.19. The minimum atomic E-state index is -0.387. The van der Waals surface area contributed by atoms with Gasteiger partial charge in [-0.25, -0.2) is 9.97 Å². The molecule has 6 aromatic rings. The highest BCUT2D eigenvalue weighted by atomic mass is 16.3. The molecule has 8 nitrogen and oxygen atoms in total. The van der Waals surface area contributed by atoms with Gasteiger partial charge in [0.2, 0.25) is 0 Å². The van der Waals surface area contributed by atoms with Crippen LogP contribution in [0, 0.1) is 13.8 Å². The number of anilines is 2. The van der Waals surface area contributed by atoms with Gasteiger partial charge in [-0.15, -0.1) is 0 Å². The summed E-state index contributed by atoms with van der Waals surface area (Å²) in [6, 6.07) is 16.3. The van der Waals surface area contributed by atoms with Gasteiger partial charge in [-0.05, 0) is 87.1 Å². The number of aromatic nitrogens is 4. The highest BCUT2D eigenvalue weighted by Gasteiger charge is 2.11. The molecule has 4 heterocycles. The zero-order valence-corrected chi connectivity index (χ0v) is 23.2. The van der Waals surface area contributed by atoms with Crippen molar-refractivity contribution in [3.05, 3.63) is 83.2 Å². The van der Waals surface area contributed by atoms with Crippen molar-refractivity contribution in [2.45, 2.75) is 52.7 Å². The monoisotopic (exact) mass is 534 g/mol. The van der Waals surface area contributed by atoms with Crippen LogP contribution in [0.1, 0.15) is 36.1 Å². The van der Waals surface area contributed by atoms with Crippen molar-refractivity contribution < 1.29 is 10.2 Å². The summed E-state index contributed by atoms with van der Waals surface area (Å²) in [6.07, 6.45) is 3.90. The minimum Gasteiger partial charge on any atom is -0.393 e. The van der Waals surface area contributed by atoms with E-state index in [0.717, 1.165) is 65.9 Å². The highest BCUT2D eigenvalue weighted by molar-refractivity contribution is 6.09. The van der Waals surface area contributed by atoms with Crippen LogP contribution in [0.3, 0.4) is 0 Å². The summed E-state index contributed by atoms with van der Waals surface area (Å²) in [4.78, 5) is 17.7. The van der Waals surface area contributed by atoms with E-state index in [9.17, 15) is 10.2 Å². The number of aryl methyl sites for hydroxylation is 2. The number of aliphatic hydroxyl groups is 2. The number of benzene rings is 2. The summed E-state index contributed by atoms with van der Waals surface area (Å²) in [5, 5.41) is 23.1. The summed E-state index contributed by atoms with van der Waals surface area (Å²) in [5.41, 5.74) is 19.5. The Balaban J connectivity index is 0.000000161. The van der Waals surface area contributed by atoms with Crippen LogP contribution >= 0.6 is 0 Å². The Morgan fingerprint density at radius 2 is 1.02 bits per heavy atom. The fourth-order valence-corrected chi connectivity index (χ4v) is 5.03. The number of hydrogen-bond acceptors (Lipinski definition) is 8. The van der Waals surface area contributed by atoms with Gasteiger partial charge in [-0.1, -0.05) is 24.3 Å². The second-order valence-corrected chi connectivity index (χ2v) is 10.6. The van der Waals surface area contributed by atoms with Gasteiger partial charge in [-0.3, -0.25) is 9.97 Å². The first-order valence-electron chi connectivity index (χ1n) is 13.3. The topological polar surface area (TPSA) is 144 Å². The van der Waals surface area contributed by atoms with Crippen molar-refractivity contribution in [1.82, 2.24) is 19.9 Å². The molecule has 2 aromatic carbocycles. The van der Waals surface area contributed by atoms with E-state index in [2.05, 4.69) is 32.1 Å². The van der Waals surface area contributed by atoms with E-state index in [0.29, 0.717) is 24.5 Å². The molecule has 6 rings (SSSR count). The summed E-state index contributed by atoms with van der Waals surface area (Å²) in [5.74, 6) is 0.892. The maximum absolute atomic E-state index is 9.52. The molecule has 8 heteroatoms. The fourth-order valence-electron chi connectivity index (χ4n) is 5.03. The molecule has 0 fully saturated rings. The Kier molecular flexibility index (Phi) is 7.47. The number of nitrogen functional groups attached to an aromatic ring is 2. The molecule has 2 atom stereocenters. The van der Waals surface area contributed by atoms with Crippen LogP contribution in [-0.4, -0.2) is 42.4 Å². The molecule has 4 aromatic heterocycles. The largest absolute Gasteiger partial charge is 0.393 e. The quantitative estimate of drug-likeness (QED) is 0.226. The molecule has 0 aliphatic carbocycles. The Labute approximate surface area is 232 Å². The molecule has 0 saturated heterocycles. The number of rotatable bonds is 4. The maximum Gasteiger partial charge on any atom is 0.150 e. The predicted molar refractivity (Wildman–Crippen MR) is 163 cm³/mol. The first-order valence-corrected chi connectivity index (χ1v) is 13.3. The van der Waals surface area contributed by atoms with E-state index in [1.165, 1.54) is 0 Å². The number of nitrogens with two attached hydrogens (primary N) is 2. The molecule has 0 amide bonds. The zero-order chi connectivity index (χ0) is 28.6. The standard InChI is InChI=1S/2C16H17N3O/c2*1-9-3-4-12-13-7-11(6-10(2)20)8-18-15(13)16(17)19-14(12)5-9/h2*3-5,7-8,10,20H,6H2,1-2H3,(H2,17,19). The second-order valence-electron chi connectivity index (χ2n) is 10.6. The summed E-state index contributed by atoms with van der Waals surface area (Å²) in [6.45, 7) is 7.60. The summed E-state index contributed by atoms with van der Waals surface area (Å²) < 4.78 is 0. The zero-order valence-electron chi connectivity index (χ0n) is 23.2. The minimum absolute atomic E-state index is 0.387. The summed E-state index contributed by atoms with van der Waals surface area (Å²) >= 11 is 0. The van der Waals surface area contributed by atoms with Crippen LogP contribution < -0.4 is 11.5 Å². The Hall–Kier alpha value is -4.40. The molecule has 0 bridgehead atoms. The van der Waals surface area contributed by atoms with Gasteiger partial charge < -0.3 is 21.7 Å². The number of nitrogens with zero attached hydrogens (tertiary/aromatic N) is 4. The highest BCUT2D eigenvalue weighted by Crippen LogP contribution is 2.29. The molecule has 6 N–H and O–H groups in total. The third-order valence-electron chi connectivity index (χ3n) is 6.80. The van der Waals surface area contributed by atoms with E-state index in [-0.39, 0.29) is 12.2 Å². The smallest absolute Gasteiger partial charge is 0.150 e. The van der Waals surface area contributed by atoms with Crippen molar-refractivity contribution in [2.75, 3.05) is 11.5 Å². The van der Waals surface area contributed by atoms with Crippen molar-refractivity contribution in [3.8, 4) is 0 Å². The van der Waals surface area contributed by atoms with Crippen molar-refractivity contribution in [3.63, 3.8) is 0 Å². The SMILES string of the molecule is Cc1ccc2c(c1)nc(N)c1ncc(CC(C)O)cc12.Cc1ccc2c(c1)nc(N)c1ncc(CC(C)O)cc12. The Morgan fingerprint density at radius 1 is 0.625 bits per heavy atom. The fraction of sp³-hybridized carbons (Fsp3) is 0.250. The Morgan fingerprint density at radius 3 is 1.40 bits per heavy atom. The first kappa shape index (κ1) is 27.2. The molecule has 40 heavy (non-hydrogen) atoms. The van der Waals surface area contributed by atoms with Gasteiger partial charge in [0.05, 0.1) is 23.2 Å². The van der Waals surface area contributed by atoms with Gasteiger partial charge in [0, 0.05) is 33.9 Å². The van der Waals surface area contributed by atoms with E-state index >= 15 is 0 Å². The van der Waals surface area contributed by atoms with Gasteiger partial charge in [0.15, 0.2) is 11.6 Å². The molecule has 2 unspecified atom stereocenters. The molecule has 0 aliphatic rings. The van der Waals surface area contributed by atoms with Crippen molar-refractivity contribution in [1.29, 1.82) is 0 Å². The lowest BCUT2D eigenvalue weighted by Gasteiger charge is -2.09. The molecule has 0 radical (unpaired) electrons. The van der Waals surface area contributed by atoms with Crippen molar-refractivity contribution in [2.24, 2.45) is 0 Å². The average Bonchev–Trinajstić information content (AvgIpc) is 2.88. The number of hydrogen-bond donors (Lipinski definition) is 4. The lowest BCUT2D eigenvalue weighted by molar-refractivity contribution is 0.195. The Bertz CT molecular complexity index is 1730. The van der Waals surface area contributed by atoms with Gasteiger partial charge in [0.1, 0.15) is 11.0 Å². The van der Waals surface area contributed by atoms with Crippen LogP contribution in [0.15, 0.2) is 60.9 Å². The third-order valence-corrected chi connectivity index (χ3v) is 6.80. The number of aliphatic hydroxyl groups excluding tert-OH is 2. The molecule has 0 aliphatic heterocycles. The lowest BCUT2D eigenvalue weighted by Crippen LogP contribution is -2.05. The van der Waals surface area contributed by atoms with Gasteiger partial charge in [0.25, 0.3) is 0 Å². The van der Waals surface area contributed by atoms with Crippen LogP contribution in [0.25, 0.3) is 43.6 Å². The van der Waals surface area contributed by atoms with E-state index in [1.807, 2.05) is 50.2 Å². The van der Waals surface area contributed by atoms with Crippen LogP contribution in [0.4, 0.5) is 11.6 Å². The molecular weight excluding hydrogens is 500 g/mol. The lowest BCUT2D eigenvalue weighted by atomic mass is 10.0. The summed E-state index contributed by atoms with van der Waals surface area (Å²) in [7, 11) is 0. The normalized spacial score (nSPS) is 12.9. The number of fused-ring (bicyclic) bond motifs is 6. The first-order chi connectivity index (χ1) is 19.1. The number of pyridine rings is 4. The van der Waals surface area contributed by atoms with Crippen molar-refractivity contribution >= 4 is 55.2 Å². The van der Waals surface area contributed by atoms with E-state index in [4.69, 9.17) is 11.5 Å².